The van der Waals surface area contributed by atoms with Crippen molar-refractivity contribution in [3.63, 3.8) is 0 Å². The highest BCUT2D eigenvalue weighted by atomic mass is 32.1. The molecule has 0 aliphatic heterocycles. The number of hydrogen-bond acceptors (Lipinski definition) is 5. The molecule has 3 heterocycles. The van der Waals surface area contributed by atoms with Crippen LogP contribution in [-0.4, -0.2) is 19.6 Å². The normalized spacial score (nSPS) is 15.5. The van der Waals surface area contributed by atoms with E-state index in [4.69, 9.17) is 4.98 Å². The molecule has 0 atom stereocenters. The summed E-state index contributed by atoms with van der Waals surface area (Å²) in [6, 6.07) is 3.57. The Bertz CT molecular complexity index is 856. The molecule has 1 saturated carbocycles. The van der Waals surface area contributed by atoms with Crippen molar-refractivity contribution in [1.82, 2.24) is 19.6 Å². The molecule has 7 heteroatoms. The Balaban J connectivity index is 1.48. The number of nitrogens with one attached hydrogen (secondary N) is 2. The molecule has 1 aliphatic rings. The van der Waals surface area contributed by atoms with Crippen molar-refractivity contribution in [1.29, 1.82) is 0 Å². The van der Waals surface area contributed by atoms with Gasteiger partial charge >= 0.3 is 0 Å². The molecule has 1 fully saturated rings. The molecule has 0 spiro atoms. The van der Waals surface area contributed by atoms with Gasteiger partial charge in [-0.05, 0) is 31.4 Å². The Kier molecular flexibility index (Phi) is 3.65. The standard InChI is InChI=1S/C16H19N5OS/c1-10-6-11(7-14(22)18-10)8-17-15-20-21-9-13(19-16(21)23-15)12-4-2-3-5-12/h6-7,9,12H,2-5,8H2,1H3,(H,17,20)(H,18,22). The van der Waals surface area contributed by atoms with Crippen LogP contribution >= 0.6 is 11.3 Å². The van der Waals surface area contributed by atoms with E-state index < -0.39 is 0 Å². The summed E-state index contributed by atoms with van der Waals surface area (Å²) in [4.78, 5) is 19.9. The number of hydrogen-bond donors (Lipinski definition) is 2. The van der Waals surface area contributed by atoms with Crippen molar-refractivity contribution in [2.24, 2.45) is 0 Å². The number of anilines is 1. The molecule has 6 nitrogen and oxygen atoms in total. The highest BCUT2D eigenvalue weighted by molar-refractivity contribution is 7.20. The lowest BCUT2D eigenvalue weighted by molar-refractivity contribution is 0.702. The molecule has 0 aromatic carbocycles. The summed E-state index contributed by atoms with van der Waals surface area (Å²) in [6.45, 7) is 2.46. The van der Waals surface area contributed by atoms with Gasteiger partial charge in [0, 0.05) is 24.2 Å². The van der Waals surface area contributed by atoms with Crippen LogP contribution in [0, 0.1) is 6.92 Å². The summed E-state index contributed by atoms with van der Waals surface area (Å²) >= 11 is 1.55. The molecule has 23 heavy (non-hydrogen) atoms. The van der Waals surface area contributed by atoms with Crippen molar-refractivity contribution < 1.29 is 0 Å². The zero-order valence-corrected chi connectivity index (χ0v) is 13.8. The van der Waals surface area contributed by atoms with Crippen molar-refractivity contribution in [3.8, 4) is 0 Å². The van der Waals surface area contributed by atoms with Gasteiger partial charge in [-0.2, -0.15) is 0 Å². The lowest BCUT2D eigenvalue weighted by atomic mass is 10.1. The van der Waals surface area contributed by atoms with Crippen molar-refractivity contribution in [3.05, 3.63) is 45.6 Å². The Hall–Kier alpha value is -2.15. The summed E-state index contributed by atoms with van der Waals surface area (Å²) < 4.78 is 1.86. The molecule has 0 saturated heterocycles. The van der Waals surface area contributed by atoms with E-state index in [1.54, 1.807) is 17.4 Å². The first-order chi connectivity index (χ1) is 11.2. The minimum absolute atomic E-state index is 0.0723. The Morgan fingerprint density at radius 1 is 1.39 bits per heavy atom. The van der Waals surface area contributed by atoms with Gasteiger partial charge in [0.1, 0.15) is 0 Å². The highest BCUT2D eigenvalue weighted by Gasteiger charge is 2.20. The maximum absolute atomic E-state index is 11.5. The monoisotopic (exact) mass is 329 g/mol. The first kappa shape index (κ1) is 14.4. The fraction of sp³-hybridized carbons (Fsp3) is 0.438. The van der Waals surface area contributed by atoms with E-state index in [-0.39, 0.29) is 5.56 Å². The highest BCUT2D eigenvalue weighted by Crippen LogP contribution is 2.34. The van der Waals surface area contributed by atoms with Crippen LogP contribution in [0.25, 0.3) is 4.96 Å². The number of aromatic amines is 1. The zero-order valence-electron chi connectivity index (χ0n) is 13.0. The second kappa shape index (κ2) is 5.81. The number of aryl methyl sites for hydroxylation is 1. The van der Waals surface area contributed by atoms with Gasteiger partial charge in [-0.1, -0.05) is 24.2 Å². The van der Waals surface area contributed by atoms with Crippen molar-refractivity contribution >= 4 is 21.4 Å². The molecule has 4 rings (SSSR count). The van der Waals surface area contributed by atoms with E-state index in [1.165, 1.54) is 31.4 Å². The number of nitrogens with zero attached hydrogens (tertiary/aromatic N) is 3. The van der Waals surface area contributed by atoms with Gasteiger partial charge in [0.05, 0.1) is 11.9 Å². The molecule has 3 aromatic heterocycles. The van der Waals surface area contributed by atoms with Crippen LogP contribution in [0.2, 0.25) is 0 Å². The number of pyridine rings is 1. The fourth-order valence-corrected chi connectivity index (χ4v) is 4.03. The van der Waals surface area contributed by atoms with Crippen LogP contribution in [0.4, 0.5) is 5.13 Å². The Morgan fingerprint density at radius 2 is 2.22 bits per heavy atom. The third-order valence-corrected chi connectivity index (χ3v) is 5.20. The van der Waals surface area contributed by atoms with Crippen LogP contribution in [0.5, 0.6) is 0 Å². The fourth-order valence-electron chi connectivity index (χ4n) is 3.24. The summed E-state index contributed by atoms with van der Waals surface area (Å²) in [5.74, 6) is 0.610. The smallest absolute Gasteiger partial charge is 0.248 e. The average Bonchev–Trinajstić information content (AvgIpc) is 3.19. The predicted octanol–water partition coefficient (Wildman–Crippen LogP) is 3.06. The van der Waals surface area contributed by atoms with Crippen molar-refractivity contribution in [2.75, 3.05) is 5.32 Å². The second-order valence-corrected chi connectivity index (χ2v) is 7.13. The molecule has 0 radical (unpaired) electrons. The van der Waals surface area contributed by atoms with Crippen LogP contribution in [-0.2, 0) is 6.54 Å². The van der Waals surface area contributed by atoms with Crippen LogP contribution in [0.1, 0.15) is 48.6 Å². The summed E-state index contributed by atoms with van der Waals surface area (Å²) in [7, 11) is 0. The Morgan fingerprint density at radius 3 is 2.96 bits per heavy atom. The molecular formula is C16H19N5OS. The van der Waals surface area contributed by atoms with Crippen molar-refractivity contribution in [2.45, 2.75) is 45.1 Å². The number of imidazole rings is 1. The molecule has 0 unspecified atom stereocenters. The van der Waals surface area contributed by atoms with Gasteiger partial charge in [-0.15, -0.1) is 5.10 Å². The lowest BCUT2D eigenvalue weighted by Gasteiger charge is -2.03. The van der Waals surface area contributed by atoms with Gasteiger partial charge < -0.3 is 10.3 Å². The summed E-state index contributed by atoms with van der Waals surface area (Å²) in [6.07, 6.45) is 7.18. The van der Waals surface area contributed by atoms with Gasteiger partial charge in [0.15, 0.2) is 0 Å². The largest absolute Gasteiger partial charge is 0.356 e. The maximum atomic E-state index is 11.5. The minimum atomic E-state index is -0.0723. The summed E-state index contributed by atoms with van der Waals surface area (Å²) in [5, 5.41) is 8.64. The van der Waals surface area contributed by atoms with Gasteiger partial charge in [0.2, 0.25) is 15.7 Å². The SMILES string of the molecule is Cc1cc(CNc2nn3cc(C4CCCC4)nc3s2)cc(=O)[nH]1. The van der Waals surface area contributed by atoms with E-state index in [0.29, 0.717) is 12.5 Å². The Labute approximate surface area is 137 Å². The predicted molar refractivity (Wildman–Crippen MR) is 91.2 cm³/mol. The van der Waals surface area contributed by atoms with Crippen LogP contribution in [0.15, 0.2) is 23.1 Å². The first-order valence-electron chi connectivity index (χ1n) is 7.97. The minimum Gasteiger partial charge on any atom is -0.356 e. The van der Waals surface area contributed by atoms with E-state index in [0.717, 1.165) is 21.3 Å². The number of rotatable bonds is 4. The van der Waals surface area contributed by atoms with E-state index in [2.05, 4.69) is 21.6 Å². The second-order valence-electron chi connectivity index (χ2n) is 6.17. The molecule has 0 amide bonds. The molecule has 0 bridgehead atoms. The maximum Gasteiger partial charge on any atom is 0.248 e. The molecular weight excluding hydrogens is 310 g/mol. The van der Waals surface area contributed by atoms with Crippen LogP contribution < -0.4 is 10.9 Å². The number of fused-ring (bicyclic) bond motifs is 1. The number of aromatic nitrogens is 4. The quantitative estimate of drug-likeness (QED) is 0.771. The lowest BCUT2D eigenvalue weighted by Crippen LogP contribution is -2.09. The third-order valence-electron chi connectivity index (χ3n) is 4.32. The van der Waals surface area contributed by atoms with E-state index in [1.807, 2.05) is 17.5 Å². The van der Waals surface area contributed by atoms with E-state index >= 15 is 0 Å². The molecule has 3 aromatic rings. The van der Waals surface area contributed by atoms with Gasteiger partial charge in [-0.25, -0.2) is 9.50 Å². The molecule has 1 aliphatic carbocycles. The zero-order chi connectivity index (χ0) is 15.8. The first-order valence-corrected chi connectivity index (χ1v) is 8.79. The topological polar surface area (TPSA) is 75.1 Å². The third kappa shape index (κ3) is 3.01. The van der Waals surface area contributed by atoms with Gasteiger partial charge in [-0.3, -0.25) is 4.79 Å². The van der Waals surface area contributed by atoms with Gasteiger partial charge in [0.25, 0.3) is 0 Å². The number of H-pyrrole nitrogens is 1. The summed E-state index contributed by atoms with van der Waals surface area (Å²) in [5.41, 5.74) is 2.92. The van der Waals surface area contributed by atoms with Crippen LogP contribution in [0.3, 0.4) is 0 Å². The average molecular weight is 329 g/mol. The molecule has 120 valence electrons. The molecule has 2 N–H and O–H groups in total. The van der Waals surface area contributed by atoms with E-state index in [9.17, 15) is 4.79 Å².